The molecule has 2 heterocycles. The van der Waals surface area contributed by atoms with Gasteiger partial charge in [-0.1, -0.05) is 12.1 Å². The van der Waals surface area contributed by atoms with E-state index in [9.17, 15) is 22.4 Å². The number of alkyl halides is 3. The molecule has 2 aromatic heterocycles. The van der Waals surface area contributed by atoms with Crippen molar-refractivity contribution in [3.05, 3.63) is 77.1 Å². The maximum atomic E-state index is 13.3. The zero-order valence-corrected chi connectivity index (χ0v) is 17.9. The summed E-state index contributed by atoms with van der Waals surface area (Å²) in [5, 5.41) is 4.28. The molecule has 0 aliphatic heterocycles. The van der Waals surface area contributed by atoms with Gasteiger partial charge in [0.1, 0.15) is 11.6 Å². The van der Waals surface area contributed by atoms with Crippen molar-refractivity contribution in [2.24, 2.45) is 0 Å². The molecule has 0 spiro atoms. The van der Waals surface area contributed by atoms with E-state index in [2.05, 4.69) is 9.84 Å². The van der Waals surface area contributed by atoms with E-state index in [-0.39, 0.29) is 30.3 Å². The third-order valence-corrected chi connectivity index (χ3v) is 4.90. The fraction of sp³-hybridized carbons (Fsp3) is 0.217. The first-order valence-electron chi connectivity index (χ1n) is 10.2. The fourth-order valence-corrected chi connectivity index (χ4v) is 3.34. The number of nitrogens with zero attached hydrogens (tertiary/aromatic N) is 3. The van der Waals surface area contributed by atoms with Crippen LogP contribution in [-0.4, -0.2) is 34.3 Å². The molecule has 4 rings (SSSR count). The van der Waals surface area contributed by atoms with Crippen LogP contribution in [0.5, 0.6) is 17.2 Å². The maximum absolute atomic E-state index is 13.3. The Bertz CT molecular complexity index is 1350. The first kappa shape index (κ1) is 23.1. The van der Waals surface area contributed by atoms with Crippen molar-refractivity contribution in [1.82, 2.24) is 14.2 Å². The van der Waals surface area contributed by atoms with E-state index in [1.54, 1.807) is 18.3 Å². The predicted octanol–water partition coefficient (Wildman–Crippen LogP) is 4.68. The molecule has 0 radical (unpaired) electrons. The van der Waals surface area contributed by atoms with Crippen LogP contribution in [0.1, 0.15) is 6.42 Å². The molecule has 0 aliphatic rings. The van der Waals surface area contributed by atoms with Crippen LogP contribution in [0.3, 0.4) is 0 Å². The van der Waals surface area contributed by atoms with Crippen molar-refractivity contribution < 1.29 is 31.8 Å². The summed E-state index contributed by atoms with van der Waals surface area (Å²) in [5.74, 6) is -0.105. The van der Waals surface area contributed by atoms with E-state index < -0.39 is 12.2 Å². The highest BCUT2D eigenvalue weighted by molar-refractivity contribution is 5.65. The molecule has 0 aliphatic carbocycles. The number of aromatic nitrogens is 3. The molecular formula is C23H19F4N3O4. The first-order valence-corrected chi connectivity index (χ1v) is 10.2. The third kappa shape index (κ3) is 5.30. The number of pyridine rings is 1. The molecule has 0 atom stereocenters. The monoisotopic (exact) mass is 477 g/mol. The number of ether oxygens (including phenoxy) is 3. The number of benzene rings is 2. The molecule has 11 heteroatoms. The lowest BCUT2D eigenvalue weighted by Gasteiger charge is -2.10. The highest BCUT2D eigenvalue weighted by Gasteiger charge is 2.31. The van der Waals surface area contributed by atoms with Gasteiger partial charge in [0.05, 0.1) is 13.7 Å². The minimum atomic E-state index is -4.77. The van der Waals surface area contributed by atoms with Gasteiger partial charge in [0.15, 0.2) is 17.1 Å². The molecular weight excluding hydrogens is 458 g/mol. The minimum absolute atomic E-state index is 0.250. The summed E-state index contributed by atoms with van der Waals surface area (Å²) in [6.07, 6.45) is -2.74. The summed E-state index contributed by atoms with van der Waals surface area (Å²) >= 11 is 0. The average Bonchev–Trinajstić information content (AvgIpc) is 3.11. The van der Waals surface area contributed by atoms with Gasteiger partial charge in [-0.15, -0.1) is 18.3 Å². The molecule has 7 nitrogen and oxygen atoms in total. The second-order valence-corrected chi connectivity index (χ2v) is 7.22. The Morgan fingerprint density at radius 3 is 2.41 bits per heavy atom. The van der Waals surface area contributed by atoms with Crippen molar-refractivity contribution in [3.63, 3.8) is 0 Å². The van der Waals surface area contributed by atoms with Crippen LogP contribution in [-0.2, 0) is 6.54 Å². The molecule has 0 saturated carbocycles. The van der Waals surface area contributed by atoms with Crippen LogP contribution in [0.2, 0.25) is 0 Å². The number of rotatable bonds is 8. The number of methoxy groups -OCH3 is 1. The molecule has 0 unspecified atom stereocenters. The van der Waals surface area contributed by atoms with Gasteiger partial charge in [-0.3, -0.25) is 0 Å². The molecule has 0 bridgehead atoms. The van der Waals surface area contributed by atoms with Crippen molar-refractivity contribution in [3.8, 4) is 28.4 Å². The normalized spacial score (nSPS) is 11.6. The lowest BCUT2D eigenvalue weighted by molar-refractivity contribution is -0.274. The SMILES string of the molecule is COc1cc(F)ccc1OCCCn1nc2ccc(-c3ccc(OC(F)(F)F)cc3)cn2c1=O. The Hall–Kier alpha value is -4.02. The highest BCUT2D eigenvalue weighted by atomic mass is 19.4. The summed E-state index contributed by atoms with van der Waals surface area (Å²) in [6.45, 7) is 0.530. The zero-order valence-electron chi connectivity index (χ0n) is 17.9. The summed E-state index contributed by atoms with van der Waals surface area (Å²) < 4.78 is 67.5. The van der Waals surface area contributed by atoms with Gasteiger partial charge in [0, 0.05) is 25.2 Å². The quantitative estimate of drug-likeness (QED) is 0.272. The van der Waals surface area contributed by atoms with Crippen LogP contribution < -0.4 is 19.9 Å². The van der Waals surface area contributed by atoms with E-state index in [4.69, 9.17) is 9.47 Å². The number of hydrogen-bond donors (Lipinski definition) is 0. The first-order chi connectivity index (χ1) is 16.2. The largest absolute Gasteiger partial charge is 0.573 e. The lowest BCUT2D eigenvalue weighted by atomic mass is 10.1. The van der Waals surface area contributed by atoms with Gasteiger partial charge in [0.2, 0.25) is 0 Å². The summed E-state index contributed by atoms with van der Waals surface area (Å²) in [5.41, 5.74) is 1.29. The molecule has 178 valence electrons. The smallest absolute Gasteiger partial charge is 0.493 e. The predicted molar refractivity (Wildman–Crippen MR) is 115 cm³/mol. The van der Waals surface area contributed by atoms with Gasteiger partial charge in [0.25, 0.3) is 0 Å². The summed E-state index contributed by atoms with van der Waals surface area (Å²) in [4.78, 5) is 12.7. The topological polar surface area (TPSA) is 67.0 Å². The van der Waals surface area contributed by atoms with Crippen LogP contribution in [0.25, 0.3) is 16.8 Å². The van der Waals surface area contributed by atoms with Crippen molar-refractivity contribution in [2.75, 3.05) is 13.7 Å². The Morgan fingerprint density at radius 1 is 0.971 bits per heavy atom. The molecule has 0 fully saturated rings. The summed E-state index contributed by atoms with van der Waals surface area (Å²) in [7, 11) is 1.41. The average molecular weight is 477 g/mol. The zero-order chi connectivity index (χ0) is 24.3. The van der Waals surface area contributed by atoms with E-state index in [0.29, 0.717) is 28.9 Å². The second-order valence-electron chi connectivity index (χ2n) is 7.22. The third-order valence-electron chi connectivity index (χ3n) is 4.90. The summed E-state index contributed by atoms with van der Waals surface area (Å²) in [6, 6.07) is 12.7. The number of halogens is 4. The highest BCUT2D eigenvalue weighted by Crippen LogP contribution is 2.28. The van der Waals surface area contributed by atoms with Gasteiger partial charge >= 0.3 is 12.1 Å². The Labute approximate surface area is 190 Å². The van der Waals surface area contributed by atoms with Crippen LogP contribution in [0.15, 0.2) is 65.6 Å². The van der Waals surface area contributed by atoms with Gasteiger partial charge in [-0.25, -0.2) is 18.3 Å². The van der Waals surface area contributed by atoms with Crippen molar-refractivity contribution >= 4 is 5.65 Å². The Morgan fingerprint density at radius 2 is 1.71 bits per heavy atom. The molecule has 0 amide bonds. The second kappa shape index (κ2) is 9.46. The lowest BCUT2D eigenvalue weighted by Crippen LogP contribution is -2.22. The standard InChI is InChI=1S/C23H19F4N3O4/c1-32-20-13-17(24)6-9-19(20)33-12-2-11-30-22(31)29-14-16(5-10-21(29)28-30)15-3-7-18(8-4-15)34-23(25,26)27/h3-10,13-14H,2,11-12H2,1H3. The Balaban J connectivity index is 1.43. The van der Waals surface area contributed by atoms with E-state index >= 15 is 0 Å². The van der Waals surface area contributed by atoms with Crippen molar-refractivity contribution in [2.45, 2.75) is 19.3 Å². The van der Waals surface area contributed by atoms with E-state index in [0.717, 1.165) is 0 Å². The number of aryl methyl sites for hydroxylation is 1. The number of fused-ring (bicyclic) bond motifs is 1. The van der Waals surface area contributed by atoms with Crippen LogP contribution in [0.4, 0.5) is 17.6 Å². The van der Waals surface area contributed by atoms with E-state index in [1.165, 1.54) is 58.7 Å². The fourth-order valence-electron chi connectivity index (χ4n) is 3.34. The molecule has 2 aromatic carbocycles. The van der Waals surface area contributed by atoms with Gasteiger partial charge < -0.3 is 14.2 Å². The minimum Gasteiger partial charge on any atom is -0.493 e. The maximum Gasteiger partial charge on any atom is 0.573 e. The van der Waals surface area contributed by atoms with Crippen LogP contribution in [0, 0.1) is 5.82 Å². The van der Waals surface area contributed by atoms with Gasteiger partial charge in [-0.2, -0.15) is 0 Å². The van der Waals surface area contributed by atoms with Crippen LogP contribution >= 0.6 is 0 Å². The molecule has 0 N–H and O–H groups in total. The number of hydrogen-bond acceptors (Lipinski definition) is 5. The van der Waals surface area contributed by atoms with Gasteiger partial charge in [-0.05, 0) is 47.5 Å². The van der Waals surface area contributed by atoms with E-state index in [1.807, 2.05) is 0 Å². The van der Waals surface area contributed by atoms with Crippen molar-refractivity contribution in [1.29, 1.82) is 0 Å². The Kier molecular flexibility index (Phi) is 6.44. The molecule has 0 saturated heterocycles. The molecule has 34 heavy (non-hydrogen) atoms. The molecule has 4 aromatic rings.